The summed E-state index contributed by atoms with van der Waals surface area (Å²) in [5.74, 6) is -0.902. The lowest BCUT2D eigenvalue weighted by Gasteiger charge is -2.24. The number of rotatable bonds is 40. The topological polar surface area (TPSA) is 108 Å². The highest BCUT2D eigenvalue weighted by Gasteiger charge is 2.27. The Balaban J connectivity index is 4.49. The number of esters is 2. The van der Waals surface area contributed by atoms with Gasteiger partial charge in [-0.25, -0.2) is 4.57 Å². The lowest BCUT2D eigenvalue weighted by Crippen LogP contribution is -2.37. The van der Waals surface area contributed by atoms with Gasteiger partial charge in [0.2, 0.25) is 0 Å². The van der Waals surface area contributed by atoms with Gasteiger partial charge < -0.3 is 18.9 Å². The zero-order valence-corrected chi connectivity index (χ0v) is 38.4. The Morgan fingerprint density at radius 1 is 0.534 bits per heavy atom. The molecule has 1 N–H and O–H groups in total. The Hall–Kier alpha value is -2.55. The van der Waals surface area contributed by atoms with Gasteiger partial charge in [0.1, 0.15) is 19.8 Å². The van der Waals surface area contributed by atoms with E-state index in [1.54, 1.807) is 0 Å². The van der Waals surface area contributed by atoms with E-state index in [1.807, 2.05) is 33.3 Å². The van der Waals surface area contributed by atoms with Crippen molar-refractivity contribution in [2.45, 2.75) is 174 Å². The van der Waals surface area contributed by atoms with Crippen LogP contribution in [0.4, 0.5) is 0 Å². The molecular weight excluding hydrogens is 750 g/mol. The lowest BCUT2D eigenvalue weighted by molar-refractivity contribution is -0.870. The van der Waals surface area contributed by atoms with E-state index in [9.17, 15) is 19.0 Å². The summed E-state index contributed by atoms with van der Waals surface area (Å²) < 4.78 is 34.2. The van der Waals surface area contributed by atoms with Crippen LogP contribution >= 0.6 is 7.82 Å². The molecule has 0 aromatic carbocycles. The van der Waals surface area contributed by atoms with E-state index in [4.69, 9.17) is 18.5 Å². The Kier molecular flexibility index (Phi) is 38.1. The molecule has 0 saturated heterocycles. The van der Waals surface area contributed by atoms with E-state index in [0.29, 0.717) is 17.4 Å². The number of carbonyl (C=O) groups is 2. The number of phosphoric acid groups is 1. The van der Waals surface area contributed by atoms with Gasteiger partial charge in [0.05, 0.1) is 27.7 Å². The normalized spacial score (nSPS) is 14.2. The molecule has 0 aliphatic carbocycles. The fraction of sp³-hybridized carbons (Fsp3) is 0.708. The molecule has 0 fully saturated rings. The van der Waals surface area contributed by atoms with Gasteiger partial charge in [0.25, 0.3) is 0 Å². The standard InChI is InChI=1S/C48H84NO8P/c1-6-8-10-12-14-16-18-20-22-23-24-25-27-29-31-33-35-37-39-41-48(51)57-46(45-56-58(52,53)55-43-42-49(3,4)5)44-54-47(50)40-38-36-34-32-30-28-26-21-19-17-15-13-11-9-7-2/h13-16,20,22,24-25,29,31,35,37,46H,6-12,17-19,21,23,26-28,30,32-34,36,38-45H2,1-5H3/p+1/b15-13+,16-14+,22-20+,25-24+,31-29+,37-35+/t46-/m1/s1. The molecule has 0 radical (unpaired) electrons. The van der Waals surface area contributed by atoms with Crippen LogP contribution in [0.5, 0.6) is 0 Å². The third-order valence-electron chi connectivity index (χ3n) is 9.22. The summed E-state index contributed by atoms with van der Waals surface area (Å²) in [6.07, 6.45) is 49.6. The van der Waals surface area contributed by atoms with Gasteiger partial charge in [-0.3, -0.25) is 18.6 Å². The van der Waals surface area contributed by atoms with Gasteiger partial charge in [0.15, 0.2) is 6.10 Å². The van der Waals surface area contributed by atoms with Crippen LogP contribution in [0.3, 0.4) is 0 Å². The third kappa shape index (κ3) is 43.0. The Bertz CT molecular complexity index is 1220. The summed E-state index contributed by atoms with van der Waals surface area (Å²) in [6, 6.07) is 0. The highest BCUT2D eigenvalue weighted by molar-refractivity contribution is 7.47. The number of hydrogen-bond acceptors (Lipinski definition) is 7. The van der Waals surface area contributed by atoms with Gasteiger partial charge >= 0.3 is 19.8 Å². The molecule has 0 spiro atoms. The highest BCUT2D eigenvalue weighted by atomic mass is 31.2. The van der Waals surface area contributed by atoms with Crippen molar-refractivity contribution in [2.75, 3.05) is 47.5 Å². The number of hydrogen-bond donors (Lipinski definition) is 1. The van der Waals surface area contributed by atoms with Gasteiger partial charge in [-0.2, -0.15) is 0 Å². The molecular formula is C48H85NO8P+. The van der Waals surface area contributed by atoms with Crippen molar-refractivity contribution in [3.8, 4) is 0 Å². The van der Waals surface area contributed by atoms with Crippen molar-refractivity contribution >= 4 is 19.8 Å². The first-order valence-corrected chi connectivity index (χ1v) is 24.2. The second-order valence-corrected chi connectivity index (χ2v) is 17.5. The molecule has 0 aliphatic rings. The summed E-state index contributed by atoms with van der Waals surface area (Å²) >= 11 is 0. The number of nitrogens with zero attached hydrogens (tertiary/aromatic N) is 1. The number of likely N-dealkylation sites (N-methyl/N-ethyl adjacent to an activating group) is 1. The Morgan fingerprint density at radius 3 is 1.52 bits per heavy atom. The first kappa shape index (κ1) is 55.5. The average molecular weight is 835 g/mol. The summed E-state index contributed by atoms with van der Waals surface area (Å²) in [5, 5.41) is 0. The number of unbranched alkanes of at least 4 members (excludes halogenated alkanes) is 14. The van der Waals surface area contributed by atoms with Gasteiger partial charge in [-0.1, -0.05) is 157 Å². The molecule has 0 bridgehead atoms. The third-order valence-corrected chi connectivity index (χ3v) is 10.2. The van der Waals surface area contributed by atoms with Crippen LogP contribution in [-0.4, -0.2) is 74.9 Å². The van der Waals surface area contributed by atoms with E-state index in [1.165, 1.54) is 89.9 Å². The molecule has 0 heterocycles. The van der Waals surface area contributed by atoms with Crippen LogP contribution < -0.4 is 0 Å². The van der Waals surface area contributed by atoms with E-state index in [0.717, 1.165) is 44.9 Å². The van der Waals surface area contributed by atoms with Crippen molar-refractivity contribution in [3.63, 3.8) is 0 Å². The van der Waals surface area contributed by atoms with E-state index in [-0.39, 0.29) is 26.1 Å². The minimum absolute atomic E-state index is 0.0151. The van der Waals surface area contributed by atoms with Crippen LogP contribution in [0.2, 0.25) is 0 Å². The van der Waals surface area contributed by atoms with Crippen molar-refractivity contribution < 1.29 is 42.1 Å². The lowest BCUT2D eigenvalue weighted by atomic mass is 10.1. The Morgan fingerprint density at radius 2 is 0.983 bits per heavy atom. The molecule has 0 aromatic rings. The molecule has 2 atom stereocenters. The van der Waals surface area contributed by atoms with Crippen molar-refractivity contribution in [3.05, 3.63) is 72.9 Å². The maximum atomic E-state index is 12.7. The van der Waals surface area contributed by atoms with Gasteiger partial charge in [-0.05, 0) is 70.6 Å². The van der Waals surface area contributed by atoms with Crippen LogP contribution in [0.25, 0.3) is 0 Å². The molecule has 0 rings (SSSR count). The average Bonchev–Trinajstić information content (AvgIpc) is 3.17. The van der Waals surface area contributed by atoms with Crippen molar-refractivity contribution in [1.29, 1.82) is 0 Å². The van der Waals surface area contributed by atoms with Crippen LogP contribution in [0.1, 0.15) is 168 Å². The van der Waals surface area contributed by atoms with Crippen LogP contribution in [0.15, 0.2) is 72.9 Å². The second-order valence-electron chi connectivity index (χ2n) is 16.1. The smallest absolute Gasteiger partial charge is 0.462 e. The van der Waals surface area contributed by atoms with Crippen LogP contribution in [0, 0.1) is 0 Å². The van der Waals surface area contributed by atoms with Crippen molar-refractivity contribution in [1.82, 2.24) is 0 Å². The first-order valence-electron chi connectivity index (χ1n) is 22.7. The quantitative estimate of drug-likeness (QED) is 0.0214. The number of allylic oxidation sites excluding steroid dienone is 12. The van der Waals surface area contributed by atoms with Gasteiger partial charge in [0, 0.05) is 12.8 Å². The summed E-state index contributed by atoms with van der Waals surface area (Å²) in [4.78, 5) is 35.4. The fourth-order valence-corrected chi connectivity index (χ4v) is 6.37. The molecule has 10 heteroatoms. The first-order chi connectivity index (χ1) is 28.0. The fourth-order valence-electron chi connectivity index (χ4n) is 5.62. The maximum Gasteiger partial charge on any atom is 0.472 e. The molecule has 1 unspecified atom stereocenters. The Labute approximate surface area is 355 Å². The summed E-state index contributed by atoms with van der Waals surface area (Å²) in [7, 11) is 1.42. The van der Waals surface area contributed by atoms with Crippen LogP contribution in [-0.2, 0) is 32.7 Å². The number of carbonyl (C=O) groups excluding carboxylic acids is 2. The molecule has 9 nitrogen and oxygen atoms in total. The summed E-state index contributed by atoms with van der Waals surface area (Å²) in [6.45, 7) is 4.26. The predicted octanol–water partition coefficient (Wildman–Crippen LogP) is 13.0. The van der Waals surface area contributed by atoms with E-state index < -0.39 is 32.5 Å². The molecule has 0 aliphatic heterocycles. The minimum atomic E-state index is -4.40. The second kappa shape index (κ2) is 39.9. The molecule has 0 saturated carbocycles. The maximum absolute atomic E-state index is 12.7. The number of phosphoric ester groups is 1. The largest absolute Gasteiger partial charge is 0.472 e. The number of ether oxygens (including phenoxy) is 2. The number of quaternary nitrogens is 1. The molecule has 0 aromatic heterocycles. The zero-order chi connectivity index (χ0) is 42.8. The molecule has 334 valence electrons. The SMILES string of the molecule is CCCC/C=C/CCCCCCCCCCCC(=O)OC[C@H](COP(=O)(O)OCC[N+](C)(C)C)OC(=O)CC/C=C/C/C=C/C/C=C/C/C=C/C/C=C/CCCCC. The monoisotopic (exact) mass is 835 g/mol. The molecule has 0 amide bonds. The minimum Gasteiger partial charge on any atom is -0.462 e. The molecule has 58 heavy (non-hydrogen) atoms. The highest BCUT2D eigenvalue weighted by Crippen LogP contribution is 2.43. The van der Waals surface area contributed by atoms with E-state index >= 15 is 0 Å². The van der Waals surface area contributed by atoms with Gasteiger partial charge in [-0.15, -0.1) is 0 Å². The van der Waals surface area contributed by atoms with E-state index in [2.05, 4.69) is 74.6 Å². The predicted molar refractivity (Wildman–Crippen MR) is 242 cm³/mol. The zero-order valence-electron chi connectivity index (χ0n) is 37.5. The summed E-state index contributed by atoms with van der Waals surface area (Å²) in [5.41, 5.74) is 0. The van der Waals surface area contributed by atoms with Crippen molar-refractivity contribution in [2.24, 2.45) is 0 Å².